The van der Waals surface area contributed by atoms with E-state index in [1.165, 1.54) is 17.2 Å². The number of ether oxygens (including phenoxy) is 1. The first-order valence-electron chi connectivity index (χ1n) is 6.59. The van der Waals surface area contributed by atoms with Gasteiger partial charge in [-0.25, -0.2) is 0 Å². The molecule has 1 N–H and O–H groups in total. The SMILES string of the molecule is COc1ccc(CN(C)C(=O)c2c[nH]c(C)cc2=O)cc1. The minimum atomic E-state index is -0.299. The van der Waals surface area contributed by atoms with Gasteiger partial charge in [-0.3, -0.25) is 9.59 Å². The van der Waals surface area contributed by atoms with E-state index in [-0.39, 0.29) is 16.9 Å². The molecule has 21 heavy (non-hydrogen) atoms. The largest absolute Gasteiger partial charge is 0.497 e. The normalized spacial score (nSPS) is 10.2. The molecule has 0 aliphatic carbocycles. The van der Waals surface area contributed by atoms with Gasteiger partial charge < -0.3 is 14.6 Å². The van der Waals surface area contributed by atoms with Crippen LogP contribution >= 0.6 is 0 Å². The van der Waals surface area contributed by atoms with Gasteiger partial charge in [0, 0.05) is 31.5 Å². The fourth-order valence-electron chi connectivity index (χ4n) is 2.02. The summed E-state index contributed by atoms with van der Waals surface area (Å²) < 4.78 is 5.09. The van der Waals surface area contributed by atoms with Crippen molar-refractivity contribution in [1.82, 2.24) is 9.88 Å². The van der Waals surface area contributed by atoms with Gasteiger partial charge in [0.05, 0.1) is 7.11 Å². The Labute approximate surface area is 123 Å². The van der Waals surface area contributed by atoms with Gasteiger partial charge in [-0.05, 0) is 24.6 Å². The molecule has 0 aliphatic heterocycles. The molecule has 0 saturated heterocycles. The molecular formula is C16H18N2O3. The summed E-state index contributed by atoms with van der Waals surface area (Å²) >= 11 is 0. The number of pyridine rings is 1. The average Bonchev–Trinajstić information content (AvgIpc) is 2.47. The number of hydrogen-bond acceptors (Lipinski definition) is 3. The second-order valence-electron chi connectivity index (χ2n) is 4.90. The molecule has 0 radical (unpaired) electrons. The Hall–Kier alpha value is -2.56. The second-order valence-corrected chi connectivity index (χ2v) is 4.90. The molecule has 2 rings (SSSR count). The first kappa shape index (κ1) is 14.8. The summed E-state index contributed by atoms with van der Waals surface area (Å²) in [5.74, 6) is 0.467. The number of benzene rings is 1. The maximum atomic E-state index is 12.3. The number of amides is 1. The van der Waals surface area contributed by atoms with Crippen LogP contribution in [0.3, 0.4) is 0 Å². The molecular weight excluding hydrogens is 268 g/mol. The minimum Gasteiger partial charge on any atom is -0.497 e. The second kappa shape index (κ2) is 6.26. The number of nitrogens with zero attached hydrogens (tertiary/aromatic N) is 1. The van der Waals surface area contributed by atoms with Crippen molar-refractivity contribution in [2.24, 2.45) is 0 Å². The van der Waals surface area contributed by atoms with Crippen LogP contribution in [-0.4, -0.2) is 29.9 Å². The maximum Gasteiger partial charge on any atom is 0.259 e. The highest BCUT2D eigenvalue weighted by Gasteiger charge is 2.15. The number of hydrogen-bond donors (Lipinski definition) is 1. The zero-order valence-corrected chi connectivity index (χ0v) is 12.3. The molecule has 0 atom stereocenters. The van der Waals surface area contributed by atoms with Gasteiger partial charge in [0.2, 0.25) is 0 Å². The molecule has 0 spiro atoms. The summed E-state index contributed by atoms with van der Waals surface area (Å²) in [7, 11) is 3.28. The number of H-pyrrole nitrogens is 1. The molecule has 1 heterocycles. The minimum absolute atomic E-state index is 0.150. The Morgan fingerprint density at radius 3 is 2.52 bits per heavy atom. The van der Waals surface area contributed by atoms with Gasteiger partial charge >= 0.3 is 0 Å². The molecule has 110 valence electrons. The van der Waals surface area contributed by atoms with E-state index in [1.807, 2.05) is 24.3 Å². The van der Waals surface area contributed by atoms with Crippen LogP contribution in [0.5, 0.6) is 5.75 Å². The predicted molar refractivity (Wildman–Crippen MR) is 80.6 cm³/mol. The van der Waals surface area contributed by atoms with Crippen molar-refractivity contribution < 1.29 is 9.53 Å². The summed E-state index contributed by atoms with van der Waals surface area (Å²) in [6.07, 6.45) is 1.46. The lowest BCUT2D eigenvalue weighted by Gasteiger charge is -2.17. The standard InChI is InChI=1S/C16H18N2O3/c1-11-8-15(19)14(9-17-11)16(20)18(2)10-12-4-6-13(21-3)7-5-12/h4-9H,10H2,1-3H3,(H,17,19). The van der Waals surface area contributed by atoms with E-state index in [1.54, 1.807) is 21.1 Å². The fraction of sp³-hybridized carbons (Fsp3) is 0.250. The molecule has 5 nitrogen and oxygen atoms in total. The zero-order valence-electron chi connectivity index (χ0n) is 12.3. The number of aromatic nitrogens is 1. The van der Waals surface area contributed by atoms with E-state index in [0.29, 0.717) is 6.54 Å². The highest BCUT2D eigenvalue weighted by Crippen LogP contribution is 2.13. The van der Waals surface area contributed by atoms with Gasteiger partial charge in [-0.15, -0.1) is 0 Å². The van der Waals surface area contributed by atoms with Crippen LogP contribution in [0.25, 0.3) is 0 Å². The van der Waals surface area contributed by atoms with Crippen molar-refractivity contribution in [3.63, 3.8) is 0 Å². The molecule has 1 amide bonds. The third-order valence-corrected chi connectivity index (χ3v) is 3.21. The lowest BCUT2D eigenvalue weighted by Crippen LogP contribution is -2.30. The van der Waals surface area contributed by atoms with Crippen LogP contribution in [0.4, 0.5) is 0 Å². The Kier molecular flexibility index (Phi) is 4.42. The Morgan fingerprint density at radius 2 is 1.95 bits per heavy atom. The first-order valence-corrected chi connectivity index (χ1v) is 6.59. The Balaban J connectivity index is 2.13. The van der Waals surface area contributed by atoms with Gasteiger partial charge in [0.25, 0.3) is 5.91 Å². The number of methoxy groups -OCH3 is 1. The monoisotopic (exact) mass is 286 g/mol. The summed E-state index contributed by atoms with van der Waals surface area (Å²) in [5, 5.41) is 0. The molecule has 1 aromatic heterocycles. The number of nitrogens with one attached hydrogen (secondary N) is 1. The van der Waals surface area contributed by atoms with Crippen LogP contribution in [0, 0.1) is 6.92 Å². The van der Waals surface area contributed by atoms with Crippen molar-refractivity contribution in [2.75, 3.05) is 14.2 Å². The Bertz CT molecular complexity index is 689. The average molecular weight is 286 g/mol. The van der Waals surface area contributed by atoms with E-state index in [2.05, 4.69) is 4.98 Å². The highest BCUT2D eigenvalue weighted by atomic mass is 16.5. The van der Waals surface area contributed by atoms with E-state index in [4.69, 9.17) is 4.74 Å². The van der Waals surface area contributed by atoms with Crippen molar-refractivity contribution >= 4 is 5.91 Å². The number of aryl methyl sites for hydroxylation is 1. The molecule has 0 unspecified atom stereocenters. The molecule has 2 aromatic rings. The van der Waals surface area contributed by atoms with Crippen LogP contribution in [0.15, 0.2) is 41.3 Å². The zero-order chi connectivity index (χ0) is 15.4. The molecule has 0 saturated carbocycles. The van der Waals surface area contributed by atoms with Gasteiger partial charge in [-0.2, -0.15) is 0 Å². The number of rotatable bonds is 4. The number of carbonyl (C=O) groups is 1. The first-order chi connectivity index (χ1) is 10.0. The molecule has 0 fully saturated rings. The van der Waals surface area contributed by atoms with Crippen molar-refractivity contribution in [3.8, 4) is 5.75 Å². The topological polar surface area (TPSA) is 62.4 Å². The van der Waals surface area contributed by atoms with Crippen LogP contribution < -0.4 is 10.2 Å². The Morgan fingerprint density at radius 1 is 1.29 bits per heavy atom. The fourth-order valence-corrected chi connectivity index (χ4v) is 2.02. The van der Waals surface area contributed by atoms with Crippen molar-refractivity contribution in [2.45, 2.75) is 13.5 Å². The summed E-state index contributed by atoms with van der Waals surface area (Å²) in [6.45, 7) is 2.20. The van der Waals surface area contributed by atoms with E-state index < -0.39 is 0 Å². The number of aromatic amines is 1. The van der Waals surface area contributed by atoms with Crippen molar-refractivity contribution in [1.29, 1.82) is 0 Å². The lowest BCUT2D eigenvalue weighted by molar-refractivity contribution is 0.0783. The molecule has 1 aromatic carbocycles. The third kappa shape index (κ3) is 3.51. The maximum absolute atomic E-state index is 12.3. The van der Waals surface area contributed by atoms with E-state index in [9.17, 15) is 9.59 Å². The predicted octanol–water partition coefficient (Wildman–Crippen LogP) is 1.96. The van der Waals surface area contributed by atoms with Gasteiger partial charge in [0.15, 0.2) is 5.43 Å². The molecule has 0 aliphatic rings. The molecule has 5 heteroatoms. The summed E-state index contributed by atoms with van der Waals surface area (Å²) in [4.78, 5) is 28.5. The molecule has 0 bridgehead atoms. The van der Waals surface area contributed by atoms with Crippen LogP contribution in [0.1, 0.15) is 21.6 Å². The van der Waals surface area contributed by atoms with Gasteiger partial charge in [-0.1, -0.05) is 12.1 Å². The smallest absolute Gasteiger partial charge is 0.259 e. The van der Waals surface area contributed by atoms with Crippen molar-refractivity contribution in [3.05, 3.63) is 63.6 Å². The lowest BCUT2D eigenvalue weighted by atomic mass is 10.2. The van der Waals surface area contributed by atoms with E-state index >= 15 is 0 Å². The van der Waals surface area contributed by atoms with E-state index in [0.717, 1.165) is 17.0 Å². The number of carbonyl (C=O) groups excluding carboxylic acids is 1. The highest BCUT2D eigenvalue weighted by molar-refractivity contribution is 5.93. The van der Waals surface area contributed by atoms with Crippen LogP contribution in [0.2, 0.25) is 0 Å². The van der Waals surface area contributed by atoms with Crippen LogP contribution in [-0.2, 0) is 6.54 Å². The summed E-state index contributed by atoms with van der Waals surface area (Å²) in [6, 6.07) is 8.89. The summed E-state index contributed by atoms with van der Waals surface area (Å²) in [5.41, 5.74) is 1.58. The third-order valence-electron chi connectivity index (χ3n) is 3.21. The quantitative estimate of drug-likeness (QED) is 0.934. The van der Waals surface area contributed by atoms with Gasteiger partial charge in [0.1, 0.15) is 11.3 Å².